The molecule has 1 aromatic carbocycles. The highest BCUT2D eigenvalue weighted by Gasteiger charge is 2.10. The zero-order valence-electron chi connectivity index (χ0n) is 8.36. The quantitative estimate of drug-likeness (QED) is 0.850. The van der Waals surface area contributed by atoms with E-state index >= 15 is 0 Å². The van der Waals surface area contributed by atoms with E-state index in [2.05, 4.69) is 31.9 Å². The molecule has 84 valence electrons. The van der Waals surface area contributed by atoms with Crippen molar-refractivity contribution in [1.82, 2.24) is 0 Å². The van der Waals surface area contributed by atoms with E-state index in [9.17, 15) is 5.11 Å². The molecule has 4 heteroatoms. The minimum absolute atomic E-state index is 0.433. The van der Waals surface area contributed by atoms with Gasteiger partial charge in [0, 0.05) is 10.9 Å². The standard InChI is InChI=1S/C12H10Br2OS/c13-10-3-1-2-8(4-10)5-11(15)9-6-12(14)16-7-9/h1-4,6-7,11,15H,5H2. The van der Waals surface area contributed by atoms with Gasteiger partial charge in [0.15, 0.2) is 0 Å². The van der Waals surface area contributed by atoms with Gasteiger partial charge < -0.3 is 5.11 Å². The van der Waals surface area contributed by atoms with Gasteiger partial charge in [0.25, 0.3) is 0 Å². The van der Waals surface area contributed by atoms with E-state index in [1.807, 2.05) is 35.7 Å². The molecule has 0 spiro atoms. The van der Waals surface area contributed by atoms with Gasteiger partial charge in [-0.15, -0.1) is 11.3 Å². The van der Waals surface area contributed by atoms with Crippen LogP contribution in [0.4, 0.5) is 0 Å². The normalized spacial score (nSPS) is 12.7. The highest BCUT2D eigenvalue weighted by Crippen LogP contribution is 2.27. The predicted molar refractivity (Wildman–Crippen MR) is 74.8 cm³/mol. The fourth-order valence-corrected chi connectivity index (χ4v) is 3.17. The van der Waals surface area contributed by atoms with E-state index in [1.165, 1.54) is 0 Å². The first-order valence-electron chi connectivity index (χ1n) is 4.81. The summed E-state index contributed by atoms with van der Waals surface area (Å²) < 4.78 is 2.10. The molecule has 0 amide bonds. The molecular weight excluding hydrogens is 352 g/mol. The first kappa shape index (κ1) is 12.3. The van der Waals surface area contributed by atoms with E-state index < -0.39 is 6.10 Å². The van der Waals surface area contributed by atoms with Crippen LogP contribution in [-0.4, -0.2) is 5.11 Å². The van der Waals surface area contributed by atoms with Crippen LogP contribution < -0.4 is 0 Å². The number of halogens is 2. The van der Waals surface area contributed by atoms with Crippen molar-refractivity contribution in [3.8, 4) is 0 Å². The summed E-state index contributed by atoms with van der Waals surface area (Å²) in [6.45, 7) is 0. The Balaban J connectivity index is 2.10. The first-order chi connectivity index (χ1) is 7.65. The van der Waals surface area contributed by atoms with Crippen LogP contribution in [0.5, 0.6) is 0 Å². The summed E-state index contributed by atoms with van der Waals surface area (Å²) in [7, 11) is 0. The van der Waals surface area contributed by atoms with Gasteiger partial charge in [0.2, 0.25) is 0 Å². The maximum absolute atomic E-state index is 10.0. The molecule has 0 saturated carbocycles. The third-order valence-electron chi connectivity index (χ3n) is 2.29. The Bertz CT molecular complexity index is 481. The number of hydrogen-bond acceptors (Lipinski definition) is 2. The van der Waals surface area contributed by atoms with Crippen molar-refractivity contribution >= 4 is 43.2 Å². The van der Waals surface area contributed by atoms with Crippen molar-refractivity contribution in [3.63, 3.8) is 0 Å². The van der Waals surface area contributed by atoms with Crippen LogP contribution in [0.2, 0.25) is 0 Å². The molecule has 0 radical (unpaired) electrons. The monoisotopic (exact) mass is 360 g/mol. The van der Waals surface area contributed by atoms with Gasteiger partial charge in [-0.05, 0) is 50.6 Å². The van der Waals surface area contributed by atoms with Gasteiger partial charge in [-0.25, -0.2) is 0 Å². The summed E-state index contributed by atoms with van der Waals surface area (Å²) in [5.74, 6) is 0. The van der Waals surface area contributed by atoms with Crippen LogP contribution >= 0.6 is 43.2 Å². The fraction of sp³-hybridized carbons (Fsp3) is 0.167. The lowest BCUT2D eigenvalue weighted by Crippen LogP contribution is -2.00. The zero-order valence-corrected chi connectivity index (χ0v) is 12.3. The average molecular weight is 362 g/mol. The van der Waals surface area contributed by atoms with E-state index in [0.717, 1.165) is 19.4 Å². The van der Waals surface area contributed by atoms with Crippen LogP contribution in [-0.2, 0) is 6.42 Å². The Morgan fingerprint density at radius 1 is 1.25 bits per heavy atom. The maximum Gasteiger partial charge on any atom is 0.0838 e. The number of rotatable bonds is 3. The van der Waals surface area contributed by atoms with Gasteiger partial charge in [-0.1, -0.05) is 28.1 Å². The summed E-state index contributed by atoms with van der Waals surface area (Å²) in [6.07, 6.45) is 0.208. The molecule has 1 nitrogen and oxygen atoms in total. The lowest BCUT2D eigenvalue weighted by molar-refractivity contribution is 0.179. The van der Waals surface area contributed by atoms with Crippen molar-refractivity contribution in [2.75, 3.05) is 0 Å². The molecule has 0 saturated heterocycles. The summed E-state index contributed by atoms with van der Waals surface area (Å²) in [4.78, 5) is 0. The van der Waals surface area contributed by atoms with Crippen molar-refractivity contribution in [2.24, 2.45) is 0 Å². The number of thiophene rings is 1. The molecule has 0 aliphatic rings. The molecule has 0 fully saturated rings. The number of benzene rings is 1. The Morgan fingerprint density at radius 2 is 2.06 bits per heavy atom. The average Bonchev–Trinajstić information content (AvgIpc) is 2.65. The predicted octanol–water partition coefficient (Wildman–Crippen LogP) is 4.55. The summed E-state index contributed by atoms with van der Waals surface area (Å²) in [5, 5.41) is 12.0. The molecule has 16 heavy (non-hydrogen) atoms. The summed E-state index contributed by atoms with van der Waals surface area (Å²) in [6, 6.07) is 9.99. The Morgan fingerprint density at radius 3 is 2.69 bits per heavy atom. The van der Waals surface area contributed by atoms with Crippen molar-refractivity contribution < 1.29 is 5.11 Å². The highest BCUT2D eigenvalue weighted by molar-refractivity contribution is 9.11. The van der Waals surface area contributed by atoms with E-state index in [0.29, 0.717) is 6.42 Å². The zero-order chi connectivity index (χ0) is 11.5. The Labute approximate surface area is 115 Å². The molecule has 1 N–H and O–H groups in total. The Hall–Kier alpha value is -0.160. The third-order valence-corrected chi connectivity index (χ3v) is 4.31. The molecule has 1 unspecified atom stereocenters. The van der Waals surface area contributed by atoms with Gasteiger partial charge in [-0.2, -0.15) is 0 Å². The van der Waals surface area contributed by atoms with Gasteiger partial charge >= 0.3 is 0 Å². The molecule has 0 bridgehead atoms. The van der Waals surface area contributed by atoms with Crippen LogP contribution in [0.25, 0.3) is 0 Å². The maximum atomic E-state index is 10.0. The molecule has 0 aliphatic heterocycles. The number of aliphatic hydroxyl groups is 1. The molecule has 1 aromatic heterocycles. The number of aliphatic hydroxyl groups excluding tert-OH is 1. The molecule has 0 aliphatic carbocycles. The van der Waals surface area contributed by atoms with E-state index in [4.69, 9.17) is 0 Å². The van der Waals surface area contributed by atoms with Crippen molar-refractivity contribution in [3.05, 3.63) is 55.1 Å². The minimum atomic E-state index is -0.433. The van der Waals surface area contributed by atoms with E-state index in [-0.39, 0.29) is 0 Å². The van der Waals surface area contributed by atoms with Crippen molar-refractivity contribution in [2.45, 2.75) is 12.5 Å². The van der Waals surface area contributed by atoms with Gasteiger partial charge in [0.1, 0.15) is 0 Å². The Kier molecular flexibility index (Phi) is 4.19. The van der Waals surface area contributed by atoms with Gasteiger partial charge in [0.05, 0.1) is 9.89 Å². The lowest BCUT2D eigenvalue weighted by Gasteiger charge is -2.08. The molecule has 2 rings (SSSR count). The molecular formula is C12H10Br2OS. The van der Waals surface area contributed by atoms with Crippen LogP contribution in [0, 0.1) is 0 Å². The lowest BCUT2D eigenvalue weighted by atomic mass is 10.0. The second-order valence-corrected chi connectivity index (χ2v) is 6.74. The van der Waals surface area contributed by atoms with Crippen LogP contribution in [0.3, 0.4) is 0 Å². The van der Waals surface area contributed by atoms with Crippen LogP contribution in [0.1, 0.15) is 17.2 Å². The fourth-order valence-electron chi connectivity index (χ4n) is 1.50. The third kappa shape index (κ3) is 3.17. The highest BCUT2D eigenvalue weighted by atomic mass is 79.9. The molecule has 1 atom stereocenters. The smallest absolute Gasteiger partial charge is 0.0838 e. The first-order valence-corrected chi connectivity index (χ1v) is 7.28. The second-order valence-electron chi connectivity index (χ2n) is 3.53. The van der Waals surface area contributed by atoms with Crippen LogP contribution in [0.15, 0.2) is 44.0 Å². The van der Waals surface area contributed by atoms with Gasteiger partial charge in [-0.3, -0.25) is 0 Å². The SMILES string of the molecule is OC(Cc1cccc(Br)c1)c1csc(Br)c1. The second kappa shape index (κ2) is 5.45. The minimum Gasteiger partial charge on any atom is -0.388 e. The summed E-state index contributed by atoms with van der Waals surface area (Å²) >= 11 is 8.42. The van der Waals surface area contributed by atoms with Crippen molar-refractivity contribution in [1.29, 1.82) is 0 Å². The topological polar surface area (TPSA) is 20.2 Å². The molecule has 1 heterocycles. The largest absolute Gasteiger partial charge is 0.388 e. The summed E-state index contributed by atoms with van der Waals surface area (Å²) in [5.41, 5.74) is 2.10. The molecule has 2 aromatic rings. The number of hydrogen-bond donors (Lipinski definition) is 1. The van der Waals surface area contributed by atoms with E-state index in [1.54, 1.807) is 11.3 Å².